The van der Waals surface area contributed by atoms with Crippen LogP contribution in [0.3, 0.4) is 0 Å². The van der Waals surface area contributed by atoms with Crippen LogP contribution in [-0.2, 0) is 58.7 Å². The first kappa shape index (κ1) is 31.0. The van der Waals surface area contributed by atoms with Gasteiger partial charge in [0.25, 0.3) is 43.9 Å². The van der Waals surface area contributed by atoms with Gasteiger partial charge in [-0.05, 0) is 0 Å². The van der Waals surface area contributed by atoms with Crippen molar-refractivity contribution in [2.75, 3.05) is 0 Å². The molecule has 2 atom stereocenters. The van der Waals surface area contributed by atoms with Crippen LogP contribution in [0.1, 0.15) is 25.7 Å². The number of carbonyl (C=O) groups excluding carboxylic acids is 6. The fourth-order valence-corrected chi connectivity index (χ4v) is 3.73. The zero-order valence-corrected chi connectivity index (χ0v) is 22.1. The van der Waals surface area contributed by atoms with E-state index >= 15 is 0 Å². The van der Waals surface area contributed by atoms with Crippen LogP contribution in [0.5, 0.6) is 0 Å². The molecule has 16 nitrogen and oxygen atoms in total. The van der Waals surface area contributed by atoms with Crippen molar-refractivity contribution >= 4 is 115 Å². The van der Waals surface area contributed by atoms with Gasteiger partial charge in [0.05, 0.1) is 25.7 Å². The Morgan fingerprint density at radius 1 is 0.750 bits per heavy atom. The summed E-state index contributed by atoms with van der Waals surface area (Å²) in [7, 11) is -9.85. The summed E-state index contributed by atoms with van der Waals surface area (Å²) >= 11 is 0. The first-order valence-electron chi connectivity index (χ1n) is 7.70. The molecule has 2 fully saturated rings. The monoisotopic (exact) mass is 518 g/mol. The summed E-state index contributed by atoms with van der Waals surface area (Å²) in [6, 6.07) is 0. The smallest absolute Gasteiger partial charge is 0.330 e. The summed E-state index contributed by atoms with van der Waals surface area (Å²) in [4.78, 5) is 78.5. The van der Waals surface area contributed by atoms with Crippen molar-refractivity contribution in [3.05, 3.63) is 0 Å². The second kappa shape index (κ2) is 11.4. The normalized spacial score (nSPS) is 21.2. The minimum atomic E-state index is -4.93. The predicted molar refractivity (Wildman–Crippen MR) is 96.5 cm³/mol. The molecule has 168 valence electrons. The van der Waals surface area contributed by atoms with Crippen molar-refractivity contribution < 1.29 is 64.4 Å². The van der Waals surface area contributed by atoms with Crippen LogP contribution in [0.25, 0.3) is 0 Å². The third-order valence-electron chi connectivity index (χ3n) is 3.76. The second-order valence-corrected chi connectivity index (χ2v) is 9.09. The Bertz CT molecular complexity index is 972. The summed E-state index contributed by atoms with van der Waals surface area (Å²) in [5, 5.41) is -4.69. The Labute approximate surface area is 223 Å². The topological polar surface area (TPSA) is 236 Å². The molecule has 0 aliphatic carbocycles. The summed E-state index contributed by atoms with van der Waals surface area (Å²) in [6.45, 7) is 0. The van der Waals surface area contributed by atoms with E-state index in [-0.39, 0.29) is 69.2 Å². The van der Waals surface area contributed by atoms with E-state index in [2.05, 4.69) is 9.68 Å². The molecule has 2 heterocycles. The van der Waals surface area contributed by atoms with Crippen LogP contribution in [0, 0.1) is 0 Å². The summed E-state index contributed by atoms with van der Waals surface area (Å²) in [5.74, 6) is -8.32. The molecule has 4 amide bonds. The molecule has 2 saturated heterocycles. The Morgan fingerprint density at radius 2 is 1.03 bits per heavy atom. The van der Waals surface area contributed by atoms with E-state index in [1.807, 2.05) is 0 Å². The molecule has 2 rings (SSSR count). The minimum Gasteiger partial charge on any atom is -0.330 e. The van der Waals surface area contributed by atoms with Gasteiger partial charge in [-0.2, -0.15) is 16.8 Å². The van der Waals surface area contributed by atoms with Crippen molar-refractivity contribution in [2.24, 2.45) is 0 Å². The quantitative estimate of drug-likeness (QED) is 0.185. The van der Waals surface area contributed by atoms with Crippen molar-refractivity contribution in [1.29, 1.82) is 0 Å². The number of hydrogen-bond donors (Lipinski definition) is 2. The molecule has 2 aliphatic rings. The van der Waals surface area contributed by atoms with Gasteiger partial charge in [-0.15, -0.1) is 10.1 Å². The summed E-state index contributed by atoms with van der Waals surface area (Å²) in [6.07, 6.45) is -3.68. The second-order valence-electron chi connectivity index (χ2n) is 5.89. The molecule has 0 bridgehead atoms. The summed E-state index contributed by atoms with van der Waals surface area (Å²) in [5.41, 5.74) is 0. The van der Waals surface area contributed by atoms with Gasteiger partial charge in [0.2, 0.25) is 0 Å². The number of nitrogens with zero attached hydrogens (tertiary/aromatic N) is 2. The van der Waals surface area contributed by atoms with Gasteiger partial charge >= 0.3 is 11.9 Å². The molecule has 0 aromatic heterocycles. The first-order valence-corrected chi connectivity index (χ1v) is 10.7. The van der Waals surface area contributed by atoms with Crippen molar-refractivity contribution in [1.82, 2.24) is 10.1 Å². The molecule has 0 saturated carbocycles. The summed E-state index contributed by atoms with van der Waals surface area (Å²) < 4.78 is 61.6. The van der Waals surface area contributed by atoms with E-state index in [1.165, 1.54) is 0 Å². The minimum absolute atomic E-state index is 0. The van der Waals surface area contributed by atoms with Gasteiger partial charge in [0, 0.05) is 59.1 Å². The number of rotatable bonds is 7. The molecule has 2 radical (unpaired) electrons. The maximum atomic E-state index is 11.7. The van der Waals surface area contributed by atoms with E-state index in [4.69, 9.17) is 9.11 Å². The number of amides is 4. The molecule has 0 spiro atoms. The maximum Gasteiger partial charge on any atom is 0.333 e. The average Bonchev–Trinajstić information content (AvgIpc) is 3.04. The van der Waals surface area contributed by atoms with E-state index in [9.17, 15) is 45.6 Å². The molecule has 0 aromatic rings. The van der Waals surface area contributed by atoms with Crippen LogP contribution < -0.4 is 0 Å². The van der Waals surface area contributed by atoms with Crippen molar-refractivity contribution in [3.63, 3.8) is 0 Å². The number of carbonyl (C=O) groups is 6. The van der Waals surface area contributed by atoms with Crippen LogP contribution >= 0.6 is 0 Å². The van der Waals surface area contributed by atoms with Gasteiger partial charge < -0.3 is 9.68 Å². The van der Waals surface area contributed by atoms with E-state index in [0.717, 1.165) is 0 Å². The van der Waals surface area contributed by atoms with E-state index in [0.29, 0.717) is 0 Å². The standard InChI is InChI=1S/C12H12N2O14S2.2Na/c15-7-3-5(29(21,22)23)11(19)13(7)27-9(17)1-2-10(18)28-14-8(16)4-6(12(14)20)30(24,25)26;;/h5-6H,1-4H2,(H,21,22,23)(H,24,25,26);;. The van der Waals surface area contributed by atoms with Gasteiger partial charge in [0.15, 0.2) is 10.5 Å². The number of hydroxylamine groups is 4. The zero-order valence-electron chi connectivity index (χ0n) is 16.5. The Balaban J connectivity index is 0.00000480. The molecule has 2 unspecified atom stereocenters. The van der Waals surface area contributed by atoms with Crippen molar-refractivity contribution in [3.8, 4) is 0 Å². The predicted octanol–water partition coefficient (Wildman–Crippen LogP) is -4.05. The Morgan fingerprint density at radius 3 is 1.25 bits per heavy atom. The SMILES string of the molecule is O=C(CCC(=O)ON1C(=O)CC(S(=O)(=O)O)C1=O)ON1C(=O)CC(S(=O)(=O)O)C1=O.[Na].[Na]. The third-order valence-corrected chi connectivity index (χ3v) is 5.94. The molecule has 2 N–H and O–H groups in total. The van der Waals surface area contributed by atoms with Crippen LogP contribution in [0.15, 0.2) is 0 Å². The molecular formula is C12H12N2Na2O14S2. The van der Waals surface area contributed by atoms with Crippen molar-refractivity contribution in [2.45, 2.75) is 36.2 Å². The average molecular weight is 518 g/mol. The molecule has 32 heavy (non-hydrogen) atoms. The Hall–Kier alpha value is -0.960. The van der Waals surface area contributed by atoms with E-state index < -0.39 is 92.0 Å². The Kier molecular flexibility index (Phi) is 11.1. The van der Waals surface area contributed by atoms with E-state index in [1.54, 1.807) is 0 Å². The number of hydrogen-bond acceptors (Lipinski definition) is 12. The maximum absolute atomic E-state index is 11.7. The largest absolute Gasteiger partial charge is 0.333 e. The fraction of sp³-hybridized carbons (Fsp3) is 0.500. The van der Waals surface area contributed by atoms with Crippen LogP contribution in [0.2, 0.25) is 0 Å². The van der Waals surface area contributed by atoms with Gasteiger partial charge in [-0.25, -0.2) is 9.59 Å². The molecular weight excluding hydrogens is 506 g/mol. The van der Waals surface area contributed by atoms with Gasteiger partial charge in [-0.1, -0.05) is 0 Å². The fourth-order valence-electron chi connectivity index (χ4n) is 2.32. The zero-order chi connectivity index (χ0) is 23.0. The molecule has 2 aliphatic heterocycles. The molecule has 20 heteroatoms. The van der Waals surface area contributed by atoms with Crippen LogP contribution in [-0.4, -0.2) is 141 Å². The van der Waals surface area contributed by atoms with Gasteiger partial charge in [0.1, 0.15) is 0 Å². The van der Waals surface area contributed by atoms with Gasteiger partial charge in [-0.3, -0.25) is 28.3 Å². The number of imide groups is 2. The van der Waals surface area contributed by atoms with Crippen LogP contribution in [0.4, 0.5) is 0 Å². The molecule has 0 aromatic carbocycles. The first-order chi connectivity index (χ1) is 13.6. The third kappa shape index (κ3) is 7.27.